The Hall–Kier alpha value is -1.32. The van der Waals surface area contributed by atoms with Crippen LogP contribution in [0.2, 0.25) is 0 Å². The number of rotatable bonds is 2. The van der Waals surface area contributed by atoms with Crippen LogP contribution in [0.1, 0.15) is 18.6 Å². The zero-order valence-electron chi connectivity index (χ0n) is 10.4. The third kappa shape index (κ3) is 1.84. The van der Waals surface area contributed by atoms with Crippen LogP contribution in [-0.4, -0.2) is 30.1 Å². The summed E-state index contributed by atoms with van der Waals surface area (Å²) in [5.41, 5.74) is 1.01. The Morgan fingerprint density at radius 2 is 1.94 bits per heavy atom. The number of likely N-dealkylation sites (tertiary alicyclic amines) is 1. The largest absolute Gasteiger partial charge is 0.460 e. The van der Waals surface area contributed by atoms with E-state index in [4.69, 9.17) is 4.42 Å². The van der Waals surface area contributed by atoms with Gasteiger partial charge < -0.3 is 9.73 Å². The Bertz CT molecular complexity index is 517. The van der Waals surface area contributed by atoms with E-state index in [1.54, 1.807) is 0 Å². The van der Waals surface area contributed by atoms with Gasteiger partial charge in [0.15, 0.2) is 0 Å². The lowest BCUT2D eigenvalue weighted by Gasteiger charge is -2.32. The van der Waals surface area contributed by atoms with Gasteiger partial charge in [-0.2, -0.15) is 0 Å². The Kier molecular flexibility index (Phi) is 2.42. The van der Waals surface area contributed by atoms with Crippen molar-refractivity contribution in [3.63, 3.8) is 0 Å². The van der Waals surface area contributed by atoms with Crippen LogP contribution in [0.25, 0.3) is 11.0 Å². The lowest BCUT2D eigenvalue weighted by molar-refractivity contribution is 0.178. The normalized spacial score (nSPS) is 28.0. The highest BCUT2D eigenvalue weighted by atomic mass is 16.3. The van der Waals surface area contributed by atoms with Crippen molar-refractivity contribution in [2.75, 3.05) is 13.1 Å². The predicted molar refractivity (Wildman–Crippen MR) is 71.4 cm³/mol. The van der Waals surface area contributed by atoms with Gasteiger partial charge in [-0.25, -0.2) is 0 Å². The van der Waals surface area contributed by atoms with Crippen molar-refractivity contribution >= 4 is 11.0 Å². The molecule has 94 valence electrons. The van der Waals surface area contributed by atoms with Gasteiger partial charge in [-0.15, -0.1) is 0 Å². The zero-order chi connectivity index (χ0) is 11.9. The van der Waals surface area contributed by atoms with E-state index in [1.807, 2.05) is 12.1 Å². The summed E-state index contributed by atoms with van der Waals surface area (Å²) in [6.07, 6.45) is 2.67. The van der Waals surface area contributed by atoms with Crippen molar-refractivity contribution < 1.29 is 4.42 Å². The first kappa shape index (κ1) is 10.6. The lowest BCUT2D eigenvalue weighted by Crippen LogP contribution is -2.50. The number of para-hydroxylation sites is 1. The van der Waals surface area contributed by atoms with Gasteiger partial charge in [0, 0.05) is 30.6 Å². The van der Waals surface area contributed by atoms with Crippen molar-refractivity contribution in [2.24, 2.45) is 0 Å². The average Bonchev–Trinajstić information content (AvgIpc) is 2.92. The molecule has 1 N–H and O–H groups in total. The van der Waals surface area contributed by atoms with Crippen LogP contribution in [-0.2, 0) is 6.54 Å². The van der Waals surface area contributed by atoms with E-state index in [-0.39, 0.29) is 0 Å². The highest BCUT2D eigenvalue weighted by Gasteiger charge is 2.32. The van der Waals surface area contributed by atoms with Crippen LogP contribution in [0.15, 0.2) is 34.7 Å². The van der Waals surface area contributed by atoms with Crippen molar-refractivity contribution in [2.45, 2.75) is 31.5 Å². The second kappa shape index (κ2) is 4.11. The molecule has 2 aromatic rings. The second-order valence-electron chi connectivity index (χ2n) is 5.58. The Morgan fingerprint density at radius 3 is 2.72 bits per heavy atom. The maximum absolute atomic E-state index is 5.90. The molecule has 2 bridgehead atoms. The molecule has 3 nitrogen and oxygen atoms in total. The Morgan fingerprint density at radius 1 is 1.17 bits per heavy atom. The number of nitrogens with zero attached hydrogens (tertiary/aromatic N) is 1. The maximum Gasteiger partial charge on any atom is 0.134 e. The number of furan rings is 1. The minimum absolute atomic E-state index is 0.702. The summed E-state index contributed by atoms with van der Waals surface area (Å²) in [5.74, 6) is 1.09. The molecular formula is C15H18N2O. The molecule has 2 unspecified atom stereocenters. The predicted octanol–water partition coefficient (Wildman–Crippen LogP) is 2.37. The van der Waals surface area contributed by atoms with E-state index in [0.29, 0.717) is 12.1 Å². The van der Waals surface area contributed by atoms with Crippen LogP contribution >= 0.6 is 0 Å². The standard InChI is InChI=1S/C15H18N2O/c1-2-4-15-11(3-1)7-14(18-15)10-17-8-12-5-6-13(9-17)16-12/h1-4,7,12-13,16H,5-6,8-10H2. The zero-order valence-corrected chi connectivity index (χ0v) is 10.4. The fourth-order valence-corrected chi connectivity index (χ4v) is 3.35. The lowest BCUT2D eigenvalue weighted by atomic mass is 10.2. The molecule has 0 spiro atoms. The van der Waals surface area contributed by atoms with Gasteiger partial charge in [0.25, 0.3) is 0 Å². The molecule has 0 saturated carbocycles. The Labute approximate surface area is 107 Å². The van der Waals surface area contributed by atoms with Gasteiger partial charge in [0.1, 0.15) is 11.3 Å². The summed E-state index contributed by atoms with van der Waals surface area (Å²) in [7, 11) is 0. The van der Waals surface area contributed by atoms with Gasteiger partial charge in [0.2, 0.25) is 0 Å². The van der Waals surface area contributed by atoms with Crippen LogP contribution in [0.4, 0.5) is 0 Å². The van der Waals surface area contributed by atoms with Crippen molar-refractivity contribution in [3.05, 3.63) is 36.1 Å². The summed E-state index contributed by atoms with van der Waals surface area (Å²) in [6, 6.07) is 11.8. The molecular weight excluding hydrogens is 224 g/mol. The van der Waals surface area contributed by atoms with Crippen LogP contribution in [0.3, 0.4) is 0 Å². The minimum atomic E-state index is 0.702. The maximum atomic E-state index is 5.90. The molecule has 2 atom stereocenters. The number of piperazine rings is 1. The van der Waals surface area contributed by atoms with Crippen LogP contribution < -0.4 is 5.32 Å². The monoisotopic (exact) mass is 242 g/mol. The van der Waals surface area contributed by atoms with Gasteiger partial charge >= 0.3 is 0 Å². The van der Waals surface area contributed by atoms with E-state index < -0.39 is 0 Å². The fourth-order valence-electron chi connectivity index (χ4n) is 3.35. The average molecular weight is 242 g/mol. The van der Waals surface area contributed by atoms with E-state index >= 15 is 0 Å². The smallest absolute Gasteiger partial charge is 0.134 e. The molecule has 2 fully saturated rings. The molecule has 0 amide bonds. The molecule has 0 radical (unpaired) electrons. The van der Waals surface area contributed by atoms with Crippen molar-refractivity contribution in [3.8, 4) is 0 Å². The molecule has 2 aliphatic heterocycles. The van der Waals surface area contributed by atoms with Gasteiger partial charge in [0.05, 0.1) is 6.54 Å². The van der Waals surface area contributed by atoms with Crippen molar-refractivity contribution in [1.82, 2.24) is 10.2 Å². The molecule has 2 saturated heterocycles. The second-order valence-corrected chi connectivity index (χ2v) is 5.58. The summed E-state index contributed by atoms with van der Waals surface area (Å²) in [5, 5.41) is 4.87. The SMILES string of the molecule is c1ccc2oc(CN3CC4CCC(C3)N4)cc2c1. The quantitative estimate of drug-likeness (QED) is 0.876. The summed E-state index contributed by atoms with van der Waals surface area (Å²) >= 11 is 0. The molecule has 2 aliphatic rings. The molecule has 4 rings (SSSR count). The van der Waals surface area contributed by atoms with E-state index in [0.717, 1.165) is 31.0 Å². The topological polar surface area (TPSA) is 28.4 Å². The number of hydrogen-bond acceptors (Lipinski definition) is 3. The van der Waals surface area contributed by atoms with Crippen LogP contribution in [0, 0.1) is 0 Å². The molecule has 3 heterocycles. The van der Waals surface area contributed by atoms with Gasteiger partial charge in [-0.1, -0.05) is 18.2 Å². The number of nitrogens with one attached hydrogen (secondary N) is 1. The number of benzene rings is 1. The summed E-state index contributed by atoms with van der Waals surface area (Å²) in [4.78, 5) is 2.52. The fraction of sp³-hybridized carbons (Fsp3) is 0.467. The molecule has 18 heavy (non-hydrogen) atoms. The van der Waals surface area contributed by atoms with Crippen LogP contribution in [0.5, 0.6) is 0 Å². The van der Waals surface area contributed by atoms with E-state index in [1.165, 1.54) is 18.2 Å². The first-order valence-electron chi connectivity index (χ1n) is 6.83. The van der Waals surface area contributed by atoms with Gasteiger partial charge in [-0.05, 0) is 25.0 Å². The van der Waals surface area contributed by atoms with Gasteiger partial charge in [-0.3, -0.25) is 4.90 Å². The molecule has 0 aliphatic carbocycles. The minimum Gasteiger partial charge on any atom is -0.460 e. The first-order chi connectivity index (χ1) is 8.87. The van der Waals surface area contributed by atoms with Crippen molar-refractivity contribution in [1.29, 1.82) is 0 Å². The highest BCUT2D eigenvalue weighted by molar-refractivity contribution is 5.77. The molecule has 1 aromatic carbocycles. The third-order valence-corrected chi connectivity index (χ3v) is 4.15. The number of hydrogen-bond donors (Lipinski definition) is 1. The third-order valence-electron chi connectivity index (χ3n) is 4.15. The highest BCUT2D eigenvalue weighted by Crippen LogP contribution is 2.24. The first-order valence-corrected chi connectivity index (χ1v) is 6.83. The van der Waals surface area contributed by atoms with E-state index in [2.05, 4.69) is 28.4 Å². The van der Waals surface area contributed by atoms with E-state index in [9.17, 15) is 0 Å². The Balaban J connectivity index is 1.54. The number of fused-ring (bicyclic) bond motifs is 3. The summed E-state index contributed by atoms with van der Waals surface area (Å²) in [6.45, 7) is 3.27. The molecule has 3 heteroatoms. The summed E-state index contributed by atoms with van der Waals surface area (Å²) < 4.78 is 5.90. The molecule has 1 aromatic heterocycles.